The second-order valence-electron chi connectivity index (χ2n) is 6.57. The van der Waals surface area contributed by atoms with Crippen molar-refractivity contribution in [3.05, 3.63) is 0 Å². The molecule has 0 aromatic rings. The fraction of sp³-hybridized carbons (Fsp3) is 1.00. The van der Waals surface area contributed by atoms with E-state index in [4.69, 9.17) is 5.73 Å². The molecule has 1 saturated heterocycles. The summed E-state index contributed by atoms with van der Waals surface area (Å²) in [6.07, 6.45) is 9.07. The minimum absolute atomic E-state index is 0.106. The molecular weight excluding hydrogens is 222 g/mol. The van der Waals surface area contributed by atoms with Gasteiger partial charge in [-0.1, -0.05) is 26.2 Å². The second kappa shape index (κ2) is 6.36. The quantitative estimate of drug-likeness (QED) is 0.836. The van der Waals surface area contributed by atoms with Crippen LogP contribution in [0.5, 0.6) is 0 Å². The lowest BCUT2D eigenvalue weighted by atomic mass is 9.82. The first-order valence-corrected chi connectivity index (χ1v) is 7.84. The zero-order valence-corrected chi connectivity index (χ0v) is 12.3. The lowest BCUT2D eigenvalue weighted by molar-refractivity contribution is 0.125. The van der Waals surface area contributed by atoms with Crippen molar-refractivity contribution in [2.24, 2.45) is 5.73 Å². The molecule has 1 aliphatic heterocycles. The molecular formula is C15H31N3. The van der Waals surface area contributed by atoms with Crippen LogP contribution in [0.25, 0.3) is 0 Å². The van der Waals surface area contributed by atoms with Crippen molar-refractivity contribution in [1.29, 1.82) is 0 Å². The van der Waals surface area contributed by atoms with Gasteiger partial charge >= 0.3 is 0 Å². The predicted molar refractivity (Wildman–Crippen MR) is 77.8 cm³/mol. The van der Waals surface area contributed by atoms with Gasteiger partial charge in [-0.05, 0) is 45.8 Å². The molecule has 3 heteroatoms. The summed E-state index contributed by atoms with van der Waals surface area (Å²) in [6, 6.07) is 0.708. The van der Waals surface area contributed by atoms with Crippen LogP contribution in [-0.2, 0) is 0 Å². The van der Waals surface area contributed by atoms with Crippen molar-refractivity contribution in [3.8, 4) is 0 Å². The van der Waals surface area contributed by atoms with Crippen LogP contribution in [0.4, 0.5) is 0 Å². The molecule has 18 heavy (non-hydrogen) atoms. The van der Waals surface area contributed by atoms with Crippen LogP contribution in [0.15, 0.2) is 0 Å². The van der Waals surface area contributed by atoms with E-state index in [0.717, 1.165) is 6.54 Å². The van der Waals surface area contributed by atoms with Crippen LogP contribution in [0.3, 0.4) is 0 Å². The maximum Gasteiger partial charge on any atom is 0.0283 e. The minimum Gasteiger partial charge on any atom is -0.324 e. The first-order chi connectivity index (χ1) is 8.63. The highest BCUT2D eigenvalue weighted by atomic mass is 15.2. The Labute approximate surface area is 113 Å². The van der Waals surface area contributed by atoms with E-state index in [-0.39, 0.29) is 5.54 Å². The number of nitrogens with two attached hydrogens (primary N) is 1. The molecule has 0 spiro atoms. The average Bonchev–Trinajstić information content (AvgIpc) is 2.51. The Morgan fingerprint density at radius 3 is 2.50 bits per heavy atom. The van der Waals surface area contributed by atoms with Crippen molar-refractivity contribution in [3.63, 3.8) is 0 Å². The summed E-state index contributed by atoms with van der Waals surface area (Å²) in [5.41, 5.74) is 6.74. The van der Waals surface area contributed by atoms with Gasteiger partial charge in [0.2, 0.25) is 0 Å². The van der Waals surface area contributed by atoms with Gasteiger partial charge in [-0.3, -0.25) is 4.90 Å². The van der Waals surface area contributed by atoms with Crippen molar-refractivity contribution in [2.75, 3.05) is 33.2 Å². The summed E-state index contributed by atoms with van der Waals surface area (Å²) in [5.74, 6) is 0. The molecule has 2 fully saturated rings. The van der Waals surface area contributed by atoms with Crippen LogP contribution < -0.4 is 5.73 Å². The standard InChI is InChI=1S/C15H31N3/c1-3-14-12-17(2)10-7-11-18(14)13-15(16)8-5-4-6-9-15/h14H,3-13,16H2,1-2H3. The summed E-state index contributed by atoms with van der Waals surface area (Å²) in [5, 5.41) is 0. The molecule has 0 aromatic heterocycles. The number of hydrogen-bond acceptors (Lipinski definition) is 3. The summed E-state index contributed by atoms with van der Waals surface area (Å²) >= 11 is 0. The van der Waals surface area contributed by atoms with Crippen molar-refractivity contribution < 1.29 is 0 Å². The van der Waals surface area contributed by atoms with Gasteiger partial charge in [0.05, 0.1) is 0 Å². The van der Waals surface area contributed by atoms with E-state index < -0.39 is 0 Å². The van der Waals surface area contributed by atoms with Crippen molar-refractivity contribution >= 4 is 0 Å². The van der Waals surface area contributed by atoms with Gasteiger partial charge in [0.1, 0.15) is 0 Å². The molecule has 0 amide bonds. The van der Waals surface area contributed by atoms with E-state index in [1.54, 1.807) is 0 Å². The van der Waals surface area contributed by atoms with E-state index >= 15 is 0 Å². The molecule has 1 saturated carbocycles. The average molecular weight is 253 g/mol. The van der Waals surface area contributed by atoms with Crippen LogP contribution in [0.2, 0.25) is 0 Å². The Kier molecular flexibility index (Phi) is 5.05. The third-order valence-electron chi connectivity index (χ3n) is 4.86. The third kappa shape index (κ3) is 3.69. The molecule has 1 heterocycles. The summed E-state index contributed by atoms with van der Waals surface area (Å²) < 4.78 is 0. The topological polar surface area (TPSA) is 32.5 Å². The monoisotopic (exact) mass is 253 g/mol. The largest absolute Gasteiger partial charge is 0.324 e. The molecule has 0 bridgehead atoms. The first kappa shape index (κ1) is 14.3. The van der Waals surface area contributed by atoms with E-state index in [2.05, 4.69) is 23.8 Å². The molecule has 2 rings (SSSR count). The Hall–Kier alpha value is -0.120. The molecule has 2 N–H and O–H groups in total. The predicted octanol–water partition coefficient (Wildman–Crippen LogP) is 2.06. The summed E-state index contributed by atoms with van der Waals surface area (Å²) in [7, 11) is 2.25. The van der Waals surface area contributed by atoms with E-state index in [1.165, 1.54) is 64.6 Å². The highest BCUT2D eigenvalue weighted by Crippen LogP contribution is 2.28. The molecule has 0 aromatic carbocycles. The lowest BCUT2D eigenvalue weighted by Gasteiger charge is -2.40. The number of rotatable bonds is 3. The van der Waals surface area contributed by atoms with E-state index in [9.17, 15) is 0 Å². The maximum atomic E-state index is 6.64. The molecule has 1 unspecified atom stereocenters. The molecule has 1 aliphatic carbocycles. The van der Waals surface area contributed by atoms with Crippen molar-refractivity contribution in [2.45, 2.75) is 63.5 Å². The van der Waals surface area contributed by atoms with Gasteiger partial charge in [0.15, 0.2) is 0 Å². The Morgan fingerprint density at radius 1 is 1.11 bits per heavy atom. The van der Waals surface area contributed by atoms with Crippen LogP contribution in [-0.4, -0.2) is 54.6 Å². The Morgan fingerprint density at radius 2 is 1.83 bits per heavy atom. The zero-order valence-electron chi connectivity index (χ0n) is 12.3. The van der Waals surface area contributed by atoms with Crippen LogP contribution in [0.1, 0.15) is 51.9 Å². The zero-order chi connectivity index (χ0) is 13.0. The summed E-state index contributed by atoms with van der Waals surface area (Å²) in [6.45, 7) is 7.14. The SMILES string of the molecule is CCC1CN(C)CCCN1CC1(N)CCCCC1. The van der Waals surface area contributed by atoms with Gasteiger partial charge in [-0.25, -0.2) is 0 Å². The minimum atomic E-state index is 0.106. The first-order valence-electron chi connectivity index (χ1n) is 7.84. The van der Waals surface area contributed by atoms with Gasteiger partial charge in [-0.15, -0.1) is 0 Å². The van der Waals surface area contributed by atoms with Crippen molar-refractivity contribution in [1.82, 2.24) is 9.80 Å². The lowest BCUT2D eigenvalue weighted by Crippen LogP contribution is -2.54. The van der Waals surface area contributed by atoms with E-state index in [1.807, 2.05) is 0 Å². The van der Waals surface area contributed by atoms with Gasteiger partial charge in [-0.2, -0.15) is 0 Å². The number of hydrogen-bond donors (Lipinski definition) is 1. The highest BCUT2D eigenvalue weighted by Gasteiger charge is 2.32. The second-order valence-corrected chi connectivity index (χ2v) is 6.57. The van der Waals surface area contributed by atoms with E-state index in [0.29, 0.717) is 6.04 Å². The van der Waals surface area contributed by atoms with Crippen LogP contribution in [0, 0.1) is 0 Å². The Balaban J connectivity index is 1.96. The fourth-order valence-corrected chi connectivity index (χ4v) is 3.71. The van der Waals surface area contributed by atoms with Gasteiger partial charge in [0, 0.05) is 24.7 Å². The molecule has 2 aliphatic rings. The molecule has 106 valence electrons. The maximum absolute atomic E-state index is 6.64. The smallest absolute Gasteiger partial charge is 0.0283 e. The molecule has 1 atom stereocenters. The molecule has 3 nitrogen and oxygen atoms in total. The molecule has 0 radical (unpaired) electrons. The van der Waals surface area contributed by atoms with Gasteiger partial charge < -0.3 is 10.6 Å². The summed E-state index contributed by atoms with van der Waals surface area (Å²) in [4.78, 5) is 5.17. The normalized spacial score (nSPS) is 31.2. The fourth-order valence-electron chi connectivity index (χ4n) is 3.71. The van der Waals surface area contributed by atoms with Gasteiger partial charge in [0.25, 0.3) is 0 Å². The Bertz CT molecular complexity index is 248. The number of nitrogens with zero attached hydrogens (tertiary/aromatic N) is 2. The highest BCUT2D eigenvalue weighted by molar-refractivity contribution is 4.92. The van der Waals surface area contributed by atoms with Crippen LogP contribution >= 0.6 is 0 Å². The number of likely N-dealkylation sites (N-methyl/N-ethyl adjacent to an activating group) is 1. The third-order valence-corrected chi connectivity index (χ3v) is 4.86.